The number of nitrogens with zero attached hydrogens (tertiary/aromatic N) is 2. The first-order chi connectivity index (χ1) is 3.46. The molecule has 0 unspecified atom stereocenters. The molecule has 0 saturated heterocycles. The van der Waals surface area contributed by atoms with Gasteiger partial charge in [-0.1, -0.05) is 0 Å². The summed E-state index contributed by atoms with van der Waals surface area (Å²) >= 11 is 0. The van der Waals surface area contributed by atoms with Gasteiger partial charge in [-0.3, -0.25) is 0 Å². The Balaban J connectivity index is -0.00000000600. The molecule has 0 aliphatic rings. The summed E-state index contributed by atoms with van der Waals surface area (Å²) in [5.74, 6) is 0. The summed E-state index contributed by atoms with van der Waals surface area (Å²) in [5.41, 5.74) is 0. The molecule has 0 heterocycles. The third-order valence-electron chi connectivity index (χ3n) is 0. The maximum absolute atomic E-state index is 8.36. The van der Waals surface area contributed by atoms with Crippen molar-refractivity contribution < 1.29 is 20.6 Å². The van der Waals surface area contributed by atoms with Gasteiger partial charge in [-0.15, -0.1) is 20.2 Å². The monoisotopic (exact) mass is 228 g/mol. The maximum Gasteiger partial charge on any atom is 0.291 e. The minimum absolute atomic E-state index is 0. The van der Waals surface area contributed by atoms with Gasteiger partial charge in [0.15, 0.2) is 0 Å². The van der Waals surface area contributed by atoms with Gasteiger partial charge in [0.1, 0.15) is 0 Å². The first-order valence-corrected chi connectivity index (χ1v) is 1.13. The molecule has 14 heavy (non-hydrogen) atoms. The van der Waals surface area contributed by atoms with E-state index in [1.54, 1.807) is 0 Å². The van der Waals surface area contributed by atoms with Gasteiger partial charge in [0, 0.05) is 0 Å². The van der Waals surface area contributed by atoms with Crippen molar-refractivity contribution in [2.24, 2.45) is 0 Å². The van der Waals surface area contributed by atoms with E-state index < -0.39 is 10.2 Å². The number of rotatable bonds is 0. The molecular weight excluding hydrogens is 208 g/mol. The largest absolute Gasteiger partial charge is 0.344 e. The zero-order valence-corrected chi connectivity index (χ0v) is 7.66. The van der Waals surface area contributed by atoms with Crippen LogP contribution in [0.1, 0.15) is 0 Å². The van der Waals surface area contributed by atoms with E-state index in [4.69, 9.17) is 30.6 Å². The molecule has 0 radical (unpaired) electrons. The molecule has 0 amide bonds. The molecule has 0 aliphatic carbocycles. The van der Waals surface area contributed by atoms with Gasteiger partial charge >= 0.3 is 0 Å². The molecule has 0 aromatic carbocycles. The van der Waals surface area contributed by atoms with Crippen molar-refractivity contribution in [3.8, 4) is 0 Å². The Bertz CT molecular complexity index is 71.8. The Morgan fingerprint density at radius 1 is 0.643 bits per heavy atom. The molecule has 0 rings (SSSR count). The average molecular weight is 228 g/mol. The molecular formula is H20N8O6. The second-order valence-electron chi connectivity index (χ2n) is 0.476. The van der Waals surface area contributed by atoms with Crippen LogP contribution in [0.5, 0.6) is 0 Å². The van der Waals surface area contributed by atoms with E-state index in [2.05, 4.69) is 0 Å². The lowest BCUT2D eigenvalue weighted by molar-refractivity contribution is -0.742. The number of hydrogen-bond acceptors (Lipinski definition) is 10. The quantitative estimate of drug-likeness (QED) is 0.204. The van der Waals surface area contributed by atoms with E-state index in [0.717, 1.165) is 0 Å². The van der Waals surface area contributed by atoms with Gasteiger partial charge in [-0.05, 0) is 0 Å². The molecule has 96 valence electrons. The third kappa shape index (κ3) is 252. The average Bonchev–Trinajstić information content (AvgIpc) is 1.25. The van der Waals surface area contributed by atoms with Crippen molar-refractivity contribution in [2.45, 2.75) is 0 Å². The van der Waals surface area contributed by atoms with E-state index in [1.807, 2.05) is 0 Å². The minimum atomic E-state index is -1.50. The van der Waals surface area contributed by atoms with E-state index in [0.29, 0.717) is 0 Å². The summed E-state index contributed by atoms with van der Waals surface area (Å²) in [6.07, 6.45) is 0. The van der Waals surface area contributed by atoms with Crippen molar-refractivity contribution in [2.75, 3.05) is 0 Å². The van der Waals surface area contributed by atoms with Gasteiger partial charge in [-0.25, -0.2) is 0 Å². The molecule has 0 aromatic heterocycles. The Hall–Kier alpha value is -1.84. The van der Waals surface area contributed by atoms with Crippen LogP contribution in [0.25, 0.3) is 0 Å². The predicted molar refractivity (Wildman–Crippen MR) is 47.7 cm³/mol. The standard InChI is InChI=1S/2HNO3.6H3N/c2*2-1(3)4;;;;;;/h2*(H,2,3,4);6*1H3. The van der Waals surface area contributed by atoms with Crippen molar-refractivity contribution in [1.82, 2.24) is 36.9 Å². The summed E-state index contributed by atoms with van der Waals surface area (Å²) in [7, 11) is 0. The predicted octanol–water partition coefficient (Wildman–Crippen LogP) is 0.277. The molecule has 0 spiro atoms. The van der Waals surface area contributed by atoms with Crippen LogP contribution in [-0.4, -0.2) is 20.6 Å². The fraction of sp³-hybridized carbons (Fsp3) is 0. The van der Waals surface area contributed by atoms with Crippen LogP contribution in [-0.2, 0) is 0 Å². The topological polar surface area (TPSA) is 337 Å². The molecule has 14 heteroatoms. The molecule has 0 bridgehead atoms. The molecule has 0 atom stereocenters. The molecule has 0 saturated carbocycles. The normalized spacial score (nSPS) is 3.43. The van der Waals surface area contributed by atoms with Gasteiger partial charge in [0.2, 0.25) is 0 Å². The van der Waals surface area contributed by atoms with Gasteiger partial charge < -0.3 is 47.3 Å². The van der Waals surface area contributed by atoms with Crippen LogP contribution < -0.4 is 36.9 Å². The highest BCUT2D eigenvalue weighted by molar-refractivity contribution is 3.83. The lowest BCUT2D eigenvalue weighted by atomic mass is 13.1. The SMILES string of the molecule is N.N.N.N.N.N.O=[N+]([O-])O.O=[N+]([O-])O. The van der Waals surface area contributed by atoms with Crippen molar-refractivity contribution >= 4 is 0 Å². The Kier molecular flexibility index (Phi) is 416. The summed E-state index contributed by atoms with van der Waals surface area (Å²) in [6.45, 7) is 0. The zero-order chi connectivity index (χ0) is 7.15. The first kappa shape index (κ1) is 87.5. The second-order valence-corrected chi connectivity index (χ2v) is 0.476. The highest BCUT2D eigenvalue weighted by atomic mass is 16.9. The van der Waals surface area contributed by atoms with Crippen molar-refractivity contribution in [3.05, 3.63) is 20.2 Å². The summed E-state index contributed by atoms with van der Waals surface area (Å²) < 4.78 is 0. The molecule has 0 aliphatic heterocycles. The zero-order valence-electron chi connectivity index (χ0n) is 7.66. The van der Waals surface area contributed by atoms with Gasteiger partial charge in [0.25, 0.3) is 10.2 Å². The van der Waals surface area contributed by atoms with Crippen LogP contribution in [0.4, 0.5) is 0 Å². The lowest BCUT2D eigenvalue weighted by Crippen LogP contribution is -1.81. The Morgan fingerprint density at radius 3 is 0.643 bits per heavy atom. The van der Waals surface area contributed by atoms with E-state index in [9.17, 15) is 0 Å². The van der Waals surface area contributed by atoms with Gasteiger partial charge in [0.05, 0.1) is 0 Å². The van der Waals surface area contributed by atoms with Crippen LogP contribution in [0.3, 0.4) is 0 Å². The molecule has 14 nitrogen and oxygen atoms in total. The van der Waals surface area contributed by atoms with Crippen LogP contribution in [0.2, 0.25) is 0 Å². The van der Waals surface area contributed by atoms with Crippen molar-refractivity contribution in [3.63, 3.8) is 0 Å². The number of hydrogen-bond donors (Lipinski definition) is 8. The Morgan fingerprint density at radius 2 is 0.643 bits per heavy atom. The highest BCUT2D eigenvalue weighted by Gasteiger charge is 1.65. The first-order valence-electron chi connectivity index (χ1n) is 1.13. The van der Waals surface area contributed by atoms with Crippen molar-refractivity contribution in [1.29, 1.82) is 0 Å². The smallest absolute Gasteiger partial charge is 0.291 e. The van der Waals surface area contributed by atoms with Crippen LogP contribution >= 0.6 is 0 Å². The van der Waals surface area contributed by atoms with E-state index in [-0.39, 0.29) is 36.9 Å². The third-order valence-corrected chi connectivity index (χ3v) is 0. The molecule has 0 fully saturated rings. The maximum atomic E-state index is 8.36. The van der Waals surface area contributed by atoms with Crippen LogP contribution in [0.15, 0.2) is 0 Å². The minimum Gasteiger partial charge on any atom is -0.344 e. The fourth-order valence-electron chi connectivity index (χ4n) is 0. The molecule has 0 aromatic rings. The Labute approximate surface area is 79.0 Å². The van der Waals surface area contributed by atoms with Crippen LogP contribution in [0, 0.1) is 20.2 Å². The second kappa shape index (κ2) is 66.6. The highest BCUT2D eigenvalue weighted by Crippen LogP contribution is 1.38. The summed E-state index contributed by atoms with van der Waals surface area (Å²) in [4.78, 5) is 16.7. The van der Waals surface area contributed by atoms with E-state index in [1.165, 1.54) is 0 Å². The van der Waals surface area contributed by atoms with E-state index >= 15 is 0 Å². The summed E-state index contributed by atoms with van der Waals surface area (Å²) in [6, 6.07) is 0. The molecule has 20 N–H and O–H groups in total. The van der Waals surface area contributed by atoms with Gasteiger partial charge in [-0.2, -0.15) is 0 Å². The summed E-state index contributed by atoms with van der Waals surface area (Å²) in [5, 5.41) is 27.3. The fourth-order valence-corrected chi connectivity index (χ4v) is 0. The lowest BCUT2D eigenvalue weighted by Gasteiger charge is -1.56.